The lowest BCUT2D eigenvalue weighted by Crippen LogP contribution is -2.34. The smallest absolute Gasteiger partial charge is 0.233 e. The molecule has 118 valence electrons. The maximum absolute atomic E-state index is 12.2. The van der Waals surface area contributed by atoms with E-state index in [4.69, 9.17) is 0 Å². The van der Waals surface area contributed by atoms with Crippen molar-refractivity contribution < 1.29 is 4.79 Å². The summed E-state index contributed by atoms with van der Waals surface area (Å²) in [5.74, 6) is 0.765. The predicted molar refractivity (Wildman–Crippen MR) is 92.8 cm³/mol. The normalized spacial score (nSPS) is 13.7. The Balaban J connectivity index is 2.38. The third-order valence-electron chi connectivity index (χ3n) is 3.81. The van der Waals surface area contributed by atoms with Crippen LogP contribution < -0.4 is 5.32 Å². The van der Waals surface area contributed by atoms with Crippen LogP contribution in [0.1, 0.15) is 52.0 Å². The van der Waals surface area contributed by atoms with Crippen LogP contribution in [0.25, 0.3) is 0 Å². The van der Waals surface area contributed by atoms with Crippen molar-refractivity contribution in [3.05, 3.63) is 29.8 Å². The lowest BCUT2D eigenvalue weighted by atomic mass is 9.99. The van der Waals surface area contributed by atoms with E-state index >= 15 is 0 Å². The van der Waals surface area contributed by atoms with E-state index in [9.17, 15) is 4.79 Å². The molecule has 2 atom stereocenters. The standard InChI is InChI=1S/C18H29NOS/c1-5-7-8-16(6-2)13-19-18(20)15(4)21-17-11-9-14(3)10-12-17/h9-12,15-16H,5-8,13H2,1-4H3,(H,19,20). The van der Waals surface area contributed by atoms with Crippen molar-refractivity contribution in [2.75, 3.05) is 6.54 Å². The SMILES string of the molecule is CCCCC(CC)CNC(=O)C(C)Sc1ccc(C)cc1. The van der Waals surface area contributed by atoms with Crippen LogP contribution in [0, 0.1) is 12.8 Å². The quantitative estimate of drug-likeness (QED) is 0.663. The van der Waals surface area contributed by atoms with Crippen LogP contribution in [-0.4, -0.2) is 17.7 Å². The van der Waals surface area contributed by atoms with Gasteiger partial charge in [-0.15, -0.1) is 11.8 Å². The Labute approximate surface area is 134 Å². The van der Waals surface area contributed by atoms with Gasteiger partial charge >= 0.3 is 0 Å². The van der Waals surface area contributed by atoms with Gasteiger partial charge in [0.15, 0.2) is 0 Å². The zero-order chi connectivity index (χ0) is 15.7. The minimum atomic E-state index is -0.0450. The van der Waals surface area contributed by atoms with E-state index < -0.39 is 0 Å². The molecule has 0 saturated heterocycles. The van der Waals surface area contributed by atoms with Gasteiger partial charge < -0.3 is 5.32 Å². The molecule has 1 aromatic rings. The molecule has 1 amide bonds. The highest BCUT2D eigenvalue weighted by atomic mass is 32.2. The Morgan fingerprint density at radius 3 is 2.48 bits per heavy atom. The number of carbonyl (C=O) groups is 1. The molecule has 0 aromatic heterocycles. The number of rotatable bonds is 9. The van der Waals surface area contributed by atoms with Crippen molar-refractivity contribution in [2.24, 2.45) is 5.92 Å². The van der Waals surface area contributed by atoms with Gasteiger partial charge in [-0.3, -0.25) is 4.79 Å². The van der Waals surface area contributed by atoms with Crippen LogP contribution in [0.4, 0.5) is 0 Å². The third-order valence-corrected chi connectivity index (χ3v) is 4.92. The van der Waals surface area contributed by atoms with E-state index in [1.807, 2.05) is 6.92 Å². The number of benzene rings is 1. The Bertz CT molecular complexity index is 416. The summed E-state index contributed by atoms with van der Waals surface area (Å²) in [6, 6.07) is 8.34. The average molecular weight is 308 g/mol. The largest absolute Gasteiger partial charge is 0.355 e. The molecule has 1 N–H and O–H groups in total. The molecular weight excluding hydrogens is 278 g/mol. The highest BCUT2D eigenvalue weighted by Crippen LogP contribution is 2.23. The van der Waals surface area contributed by atoms with Crippen LogP contribution in [0.3, 0.4) is 0 Å². The molecule has 0 radical (unpaired) electrons. The minimum Gasteiger partial charge on any atom is -0.355 e. The summed E-state index contributed by atoms with van der Waals surface area (Å²) in [5.41, 5.74) is 1.25. The first-order valence-electron chi connectivity index (χ1n) is 8.07. The Hall–Kier alpha value is -0.960. The Morgan fingerprint density at radius 2 is 1.90 bits per heavy atom. The second kappa shape index (κ2) is 9.88. The van der Waals surface area contributed by atoms with Gasteiger partial charge in [0.25, 0.3) is 0 Å². The van der Waals surface area contributed by atoms with E-state index in [0.717, 1.165) is 17.9 Å². The molecular formula is C18H29NOS. The molecule has 1 rings (SSSR count). The first-order chi connectivity index (χ1) is 10.1. The fourth-order valence-corrected chi connectivity index (χ4v) is 3.10. The fourth-order valence-electron chi connectivity index (χ4n) is 2.21. The summed E-state index contributed by atoms with van der Waals surface area (Å²) in [5, 5.41) is 3.07. The molecule has 0 fully saturated rings. The van der Waals surface area contributed by atoms with Gasteiger partial charge in [0.1, 0.15) is 0 Å². The number of unbranched alkanes of at least 4 members (excludes halogenated alkanes) is 1. The van der Waals surface area contributed by atoms with Gasteiger partial charge in [-0.05, 0) is 38.3 Å². The minimum absolute atomic E-state index is 0.0450. The maximum atomic E-state index is 12.2. The van der Waals surface area contributed by atoms with Crippen molar-refractivity contribution in [1.29, 1.82) is 0 Å². The number of amides is 1. The number of nitrogens with one attached hydrogen (secondary N) is 1. The summed E-state index contributed by atoms with van der Waals surface area (Å²) >= 11 is 1.63. The summed E-state index contributed by atoms with van der Waals surface area (Å²) in [6.07, 6.45) is 4.83. The number of carbonyl (C=O) groups excluding carboxylic acids is 1. The van der Waals surface area contributed by atoms with Crippen LogP contribution in [-0.2, 0) is 4.79 Å². The maximum Gasteiger partial charge on any atom is 0.233 e. The summed E-state index contributed by atoms with van der Waals surface area (Å²) < 4.78 is 0. The van der Waals surface area contributed by atoms with Gasteiger partial charge in [-0.1, -0.05) is 50.8 Å². The molecule has 1 aromatic carbocycles. The molecule has 2 nitrogen and oxygen atoms in total. The van der Waals surface area contributed by atoms with Crippen LogP contribution in [0.2, 0.25) is 0 Å². The number of thioether (sulfide) groups is 1. The van der Waals surface area contributed by atoms with Crippen molar-refractivity contribution >= 4 is 17.7 Å². The Morgan fingerprint density at radius 1 is 1.24 bits per heavy atom. The van der Waals surface area contributed by atoms with Crippen LogP contribution in [0.15, 0.2) is 29.2 Å². The van der Waals surface area contributed by atoms with Crippen molar-refractivity contribution in [3.8, 4) is 0 Å². The third kappa shape index (κ3) is 7.03. The first kappa shape index (κ1) is 18.1. The predicted octanol–water partition coefficient (Wildman–Crippen LogP) is 4.81. The molecule has 0 aliphatic carbocycles. The van der Waals surface area contributed by atoms with Crippen molar-refractivity contribution in [1.82, 2.24) is 5.32 Å². The second-order valence-electron chi connectivity index (χ2n) is 5.73. The molecule has 21 heavy (non-hydrogen) atoms. The van der Waals surface area contributed by atoms with Crippen molar-refractivity contribution in [3.63, 3.8) is 0 Å². The van der Waals surface area contributed by atoms with E-state index in [1.54, 1.807) is 11.8 Å². The van der Waals surface area contributed by atoms with E-state index in [-0.39, 0.29) is 11.2 Å². The average Bonchev–Trinajstić information content (AvgIpc) is 2.49. The fraction of sp³-hybridized carbons (Fsp3) is 0.611. The first-order valence-corrected chi connectivity index (χ1v) is 8.95. The summed E-state index contributed by atoms with van der Waals surface area (Å²) in [6.45, 7) is 9.29. The highest BCUT2D eigenvalue weighted by Gasteiger charge is 2.15. The van der Waals surface area contributed by atoms with Gasteiger partial charge in [0.2, 0.25) is 5.91 Å². The molecule has 0 aliphatic rings. The second-order valence-corrected chi connectivity index (χ2v) is 7.15. The highest BCUT2D eigenvalue weighted by molar-refractivity contribution is 8.00. The van der Waals surface area contributed by atoms with E-state index in [1.165, 1.54) is 24.8 Å². The number of hydrogen-bond acceptors (Lipinski definition) is 2. The van der Waals surface area contributed by atoms with E-state index in [2.05, 4.69) is 50.4 Å². The van der Waals surface area contributed by atoms with Crippen LogP contribution >= 0.6 is 11.8 Å². The summed E-state index contributed by atoms with van der Waals surface area (Å²) in [4.78, 5) is 13.3. The molecule has 0 aliphatic heterocycles. The lowest BCUT2D eigenvalue weighted by molar-refractivity contribution is -0.120. The molecule has 0 heterocycles. The zero-order valence-electron chi connectivity index (χ0n) is 13.8. The van der Waals surface area contributed by atoms with Gasteiger partial charge in [-0.2, -0.15) is 0 Å². The van der Waals surface area contributed by atoms with Crippen molar-refractivity contribution in [2.45, 2.75) is 63.5 Å². The zero-order valence-corrected chi connectivity index (χ0v) is 14.6. The molecule has 2 unspecified atom stereocenters. The molecule has 3 heteroatoms. The van der Waals surface area contributed by atoms with Gasteiger partial charge in [0, 0.05) is 11.4 Å². The van der Waals surface area contributed by atoms with Gasteiger partial charge in [0.05, 0.1) is 5.25 Å². The molecule has 0 bridgehead atoms. The molecule has 0 spiro atoms. The topological polar surface area (TPSA) is 29.1 Å². The van der Waals surface area contributed by atoms with E-state index in [0.29, 0.717) is 5.92 Å². The lowest BCUT2D eigenvalue weighted by Gasteiger charge is -2.17. The van der Waals surface area contributed by atoms with Crippen LogP contribution in [0.5, 0.6) is 0 Å². The van der Waals surface area contributed by atoms with Gasteiger partial charge in [-0.25, -0.2) is 0 Å². The molecule has 0 saturated carbocycles. The summed E-state index contributed by atoms with van der Waals surface area (Å²) in [7, 11) is 0. The monoisotopic (exact) mass is 307 g/mol. The number of hydrogen-bond donors (Lipinski definition) is 1. The number of aryl methyl sites for hydroxylation is 1. The Kier molecular flexibility index (Phi) is 8.51.